The van der Waals surface area contributed by atoms with Gasteiger partial charge in [-0.2, -0.15) is 0 Å². The highest BCUT2D eigenvalue weighted by Gasteiger charge is 2.50. The molecule has 22 heavy (non-hydrogen) atoms. The van der Waals surface area contributed by atoms with Crippen LogP contribution in [-0.2, 0) is 11.3 Å². The summed E-state index contributed by atoms with van der Waals surface area (Å²) in [6.45, 7) is 2.80. The van der Waals surface area contributed by atoms with Crippen molar-refractivity contribution in [1.29, 1.82) is 0 Å². The number of piperidine rings is 1. The number of phenolic OH excluding ortho intramolecular Hbond substituents is 1. The van der Waals surface area contributed by atoms with Gasteiger partial charge in [0.25, 0.3) is 0 Å². The summed E-state index contributed by atoms with van der Waals surface area (Å²) in [6, 6.07) is 7.27. The topological polar surface area (TPSA) is 64.0 Å². The number of carbonyl (C=O) groups is 1. The van der Waals surface area contributed by atoms with Crippen LogP contribution >= 0.6 is 0 Å². The van der Waals surface area contributed by atoms with Gasteiger partial charge >= 0.3 is 0 Å². The summed E-state index contributed by atoms with van der Waals surface area (Å²) in [6.07, 6.45) is 3.80. The molecule has 3 rings (SSSR count). The molecule has 2 saturated heterocycles. The third-order valence-corrected chi connectivity index (χ3v) is 4.98. The maximum atomic E-state index is 12.9. The molecule has 1 spiro atoms. The Morgan fingerprint density at radius 2 is 1.95 bits per heavy atom. The molecular formula is C17H24N2O3. The molecule has 2 aliphatic rings. The number of aliphatic hydroxyl groups excluding tert-OH is 1. The second kappa shape index (κ2) is 6.26. The van der Waals surface area contributed by atoms with Crippen LogP contribution in [0.5, 0.6) is 5.75 Å². The average Bonchev–Trinajstić information content (AvgIpc) is 2.88. The minimum absolute atomic E-state index is 0.0222. The van der Waals surface area contributed by atoms with E-state index in [9.17, 15) is 9.90 Å². The van der Waals surface area contributed by atoms with E-state index in [4.69, 9.17) is 5.11 Å². The van der Waals surface area contributed by atoms with Gasteiger partial charge in [-0.25, -0.2) is 0 Å². The van der Waals surface area contributed by atoms with E-state index in [-0.39, 0.29) is 18.3 Å². The number of aliphatic hydroxyl groups is 1. The van der Waals surface area contributed by atoms with E-state index in [1.807, 2.05) is 17.0 Å². The van der Waals surface area contributed by atoms with Gasteiger partial charge in [-0.1, -0.05) is 12.1 Å². The minimum atomic E-state index is -0.404. The van der Waals surface area contributed by atoms with Gasteiger partial charge in [-0.15, -0.1) is 0 Å². The molecule has 2 aliphatic heterocycles. The van der Waals surface area contributed by atoms with Crippen LogP contribution in [0.1, 0.15) is 31.2 Å². The Labute approximate surface area is 131 Å². The van der Waals surface area contributed by atoms with Gasteiger partial charge in [0, 0.05) is 19.6 Å². The fourth-order valence-corrected chi connectivity index (χ4v) is 3.96. The summed E-state index contributed by atoms with van der Waals surface area (Å²) >= 11 is 0. The number of hydrogen-bond acceptors (Lipinski definition) is 4. The van der Waals surface area contributed by atoms with Crippen molar-refractivity contribution in [3.8, 4) is 5.75 Å². The zero-order chi connectivity index (χ0) is 15.6. The van der Waals surface area contributed by atoms with Crippen LogP contribution in [0.15, 0.2) is 24.3 Å². The molecule has 1 aromatic rings. The van der Waals surface area contributed by atoms with E-state index >= 15 is 0 Å². The molecule has 2 N–H and O–H groups in total. The fourth-order valence-electron chi connectivity index (χ4n) is 3.96. The molecule has 0 saturated carbocycles. The number of nitrogens with zero attached hydrogens (tertiary/aromatic N) is 2. The second-order valence-corrected chi connectivity index (χ2v) is 6.35. The summed E-state index contributed by atoms with van der Waals surface area (Å²) < 4.78 is 0. The predicted molar refractivity (Wildman–Crippen MR) is 83.4 cm³/mol. The quantitative estimate of drug-likeness (QED) is 0.881. The number of amides is 1. The number of phenols is 1. The van der Waals surface area contributed by atoms with Crippen molar-refractivity contribution in [3.05, 3.63) is 29.8 Å². The standard InChI is InChI=1S/C17H24N2O3/c20-11-10-18-8-2-6-17(16(18)22)7-3-9-19(17)13-14-4-1-5-15(21)12-14/h1,4-5,12,20-21H,2-3,6-11,13H2. The van der Waals surface area contributed by atoms with Crippen molar-refractivity contribution in [2.75, 3.05) is 26.2 Å². The number of benzene rings is 1. The Hall–Kier alpha value is -1.59. The Balaban J connectivity index is 1.80. The molecule has 5 nitrogen and oxygen atoms in total. The number of carbonyl (C=O) groups excluding carboxylic acids is 1. The lowest BCUT2D eigenvalue weighted by atomic mass is 9.85. The zero-order valence-electron chi connectivity index (χ0n) is 12.9. The van der Waals surface area contributed by atoms with Crippen molar-refractivity contribution in [1.82, 2.24) is 9.80 Å². The normalized spacial score (nSPS) is 26.0. The maximum absolute atomic E-state index is 12.9. The molecule has 1 aromatic carbocycles. The third kappa shape index (κ3) is 2.71. The molecule has 1 amide bonds. The molecule has 2 fully saturated rings. The molecule has 2 heterocycles. The Kier molecular flexibility index (Phi) is 4.36. The summed E-state index contributed by atoms with van der Waals surface area (Å²) in [4.78, 5) is 17.0. The van der Waals surface area contributed by atoms with Crippen LogP contribution in [0.3, 0.4) is 0 Å². The molecular weight excluding hydrogens is 280 g/mol. The van der Waals surface area contributed by atoms with E-state index in [1.54, 1.807) is 12.1 Å². The van der Waals surface area contributed by atoms with E-state index in [0.29, 0.717) is 13.1 Å². The Bertz CT molecular complexity index is 546. The first-order chi connectivity index (χ1) is 10.7. The lowest BCUT2D eigenvalue weighted by Crippen LogP contribution is -2.60. The van der Waals surface area contributed by atoms with Crippen molar-refractivity contribution in [2.24, 2.45) is 0 Å². The number of hydrogen-bond donors (Lipinski definition) is 2. The van der Waals surface area contributed by atoms with Crippen molar-refractivity contribution >= 4 is 5.91 Å². The highest BCUT2D eigenvalue weighted by molar-refractivity contribution is 5.87. The lowest BCUT2D eigenvalue weighted by Gasteiger charge is -2.44. The predicted octanol–water partition coefficient (Wildman–Crippen LogP) is 1.34. The SMILES string of the molecule is O=C1N(CCO)CCCC12CCCN2Cc1cccc(O)c1. The van der Waals surface area contributed by atoms with E-state index in [2.05, 4.69) is 4.90 Å². The fraction of sp³-hybridized carbons (Fsp3) is 0.588. The van der Waals surface area contributed by atoms with Crippen molar-refractivity contribution < 1.29 is 15.0 Å². The number of β-amino-alcohol motifs (C(OH)–C–C–N with tert-alkyl or cyclic N) is 1. The highest BCUT2D eigenvalue weighted by atomic mass is 16.3. The lowest BCUT2D eigenvalue weighted by molar-refractivity contribution is -0.148. The molecule has 0 aromatic heterocycles. The highest BCUT2D eigenvalue weighted by Crippen LogP contribution is 2.39. The van der Waals surface area contributed by atoms with Crippen molar-refractivity contribution in [2.45, 2.75) is 37.8 Å². The van der Waals surface area contributed by atoms with Gasteiger partial charge in [-0.3, -0.25) is 9.69 Å². The van der Waals surface area contributed by atoms with Crippen LogP contribution in [0.4, 0.5) is 0 Å². The monoisotopic (exact) mass is 304 g/mol. The van der Waals surface area contributed by atoms with Crippen LogP contribution in [-0.4, -0.2) is 57.7 Å². The molecule has 0 aliphatic carbocycles. The molecule has 0 bridgehead atoms. The summed E-state index contributed by atoms with van der Waals surface area (Å²) in [5.41, 5.74) is 0.632. The van der Waals surface area contributed by atoms with Gasteiger partial charge in [-0.05, 0) is 49.9 Å². The van der Waals surface area contributed by atoms with E-state index in [1.165, 1.54) is 0 Å². The number of likely N-dealkylation sites (tertiary alicyclic amines) is 2. The van der Waals surface area contributed by atoms with Crippen LogP contribution in [0, 0.1) is 0 Å². The van der Waals surface area contributed by atoms with E-state index in [0.717, 1.165) is 44.3 Å². The summed E-state index contributed by atoms with van der Waals surface area (Å²) in [5.74, 6) is 0.438. The van der Waals surface area contributed by atoms with Gasteiger partial charge in [0.2, 0.25) is 5.91 Å². The first kappa shape index (κ1) is 15.3. The van der Waals surface area contributed by atoms with Gasteiger partial charge < -0.3 is 15.1 Å². The molecule has 0 radical (unpaired) electrons. The van der Waals surface area contributed by atoms with Crippen LogP contribution < -0.4 is 0 Å². The van der Waals surface area contributed by atoms with E-state index < -0.39 is 5.54 Å². The van der Waals surface area contributed by atoms with Gasteiger partial charge in [0.1, 0.15) is 11.3 Å². The summed E-state index contributed by atoms with van der Waals surface area (Å²) in [7, 11) is 0. The molecule has 1 atom stereocenters. The third-order valence-electron chi connectivity index (χ3n) is 4.98. The second-order valence-electron chi connectivity index (χ2n) is 6.35. The van der Waals surface area contributed by atoms with Crippen LogP contribution in [0.25, 0.3) is 0 Å². The Morgan fingerprint density at radius 1 is 1.18 bits per heavy atom. The average molecular weight is 304 g/mol. The molecule has 5 heteroatoms. The maximum Gasteiger partial charge on any atom is 0.243 e. The first-order valence-electron chi connectivity index (χ1n) is 8.09. The van der Waals surface area contributed by atoms with Gasteiger partial charge in [0.15, 0.2) is 0 Å². The van der Waals surface area contributed by atoms with Crippen molar-refractivity contribution in [3.63, 3.8) is 0 Å². The Morgan fingerprint density at radius 3 is 2.68 bits per heavy atom. The minimum Gasteiger partial charge on any atom is -0.508 e. The zero-order valence-corrected chi connectivity index (χ0v) is 12.9. The summed E-state index contributed by atoms with van der Waals surface area (Å²) in [5, 5.41) is 18.8. The smallest absolute Gasteiger partial charge is 0.243 e. The molecule has 1 unspecified atom stereocenters. The van der Waals surface area contributed by atoms with Crippen LogP contribution in [0.2, 0.25) is 0 Å². The largest absolute Gasteiger partial charge is 0.508 e. The first-order valence-corrected chi connectivity index (χ1v) is 8.09. The molecule has 120 valence electrons. The van der Waals surface area contributed by atoms with Gasteiger partial charge in [0.05, 0.1) is 6.61 Å². The number of rotatable bonds is 4. The number of aromatic hydroxyl groups is 1.